The third-order valence-corrected chi connectivity index (χ3v) is 7.53. The molecule has 1 saturated heterocycles. The summed E-state index contributed by atoms with van der Waals surface area (Å²) < 4.78 is 23.4. The summed E-state index contributed by atoms with van der Waals surface area (Å²) in [6, 6.07) is 7.04. The van der Waals surface area contributed by atoms with E-state index in [1.54, 1.807) is 12.1 Å². The van der Waals surface area contributed by atoms with Crippen LogP contribution in [-0.2, 0) is 9.84 Å². The molecular formula is C24H34N8O3S. The van der Waals surface area contributed by atoms with Crippen LogP contribution < -0.4 is 16.4 Å². The topological polar surface area (TPSA) is 146 Å². The lowest BCUT2D eigenvalue weighted by Gasteiger charge is -2.32. The van der Waals surface area contributed by atoms with Gasteiger partial charge in [0.05, 0.1) is 4.90 Å². The predicted octanol–water partition coefficient (Wildman–Crippen LogP) is 1.64. The van der Waals surface area contributed by atoms with Gasteiger partial charge in [-0.3, -0.25) is 14.6 Å². The zero-order valence-corrected chi connectivity index (χ0v) is 21.5. The number of nitrogens with zero attached hydrogens (tertiary/aromatic N) is 5. The van der Waals surface area contributed by atoms with Gasteiger partial charge in [0.1, 0.15) is 0 Å². The SMILES string of the molecule is CN(C/C=C/CN1CCC[C@@H](Nc2nnc(C(N)=O)c(Nc3ccc(S(C)(=O)=O)cc3)n2)C1)C1CC1. The predicted molar refractivity (Wildman–Crippen MR) is 139 cm³/mol. The number of amides is 1. The van der Waals surface area contributed by atoms with Crippen molar-refractivity contribution in [1.82, 2.24) is 25.0 Å². The number of anilines is 3. The van der Waals surface area contributed by atoms with Crippen LogP contribution in [0.4, 0.5) is 17.5 Å². The molecule has 1 aliphatic heterocycles. The second-order valence-electron chi connectivity index (χ2n) is 9.50. The van der Waals surface area contributed by atoms with Gasteiger partial charge >= 0.3 is 0 Å². The molecule has 1 aromatic carbocycles. The Morgan fingerprint density at radius 1 is 1.19 bits per heavy atom. The van der Waals surface area contributed by atoms with Crippen molar-refractivity contribution in [3.63, 3.8) is 0 Å². The molecule has 1 aromatic heterocycles. The Hall–Kier alpha value is -3.09. The second-order valence-corrected chi connectivity index (χ2v) is 11.5. The molecule has 11 nitrogen and oxygen atoms in total. The molecule has 4 N–H and O–H groups in total. The molecule has 194 valence electrons. The number of likely N-dealkylation sites (tertiary alicyclic amines) is 1. The van der Waals surface area contributed by atoms with Crippen LogP contribution in [0.1, 0.15) is 36.2 Å². The van der Waals surface area contributed by atoms with Crippen molar-refractivity contribution < 1.29 is 13.2 Å². The quantitative estimate of drug-likeness (QED) is 0.378. The minimum absolute atomic E-state index is 0.0979. The highest BCUT2D eigenvalue weighted by atomic mass is 32.2. The number of piperidine rings is 1. The summed E-state index contributed by atoms with van der Waals surface area (Å²) in [6.45, 7) is 3.77. The van der Waals surface area contributed by atoms with Crippen LogP contribution >= 0.6 is 0 Å². The van der Waals surface area contributed by atoms with E-state index < -0.39 is 15.7 Å². The van der Waals surface area contributed by atoms with Crippen LogP contribution in [0.5, 0.6) is 0 Å². The molecule has 4 rings (SSSR count). The van der Waals surface area contributed by atoms with E-state index in [0.29, 0.717) is 11.6 Å². The summed E-state index contributed by atoms with van der Waals surface area (Å²) in [5, 5.41) is 14.4. The van der Waals surface area contributed by atoms with Gasteiger partial charge in [-0.1, -0.05) is 12.2 Å². The molecule has 36 heavy (non-hydrogen) atoms. The molecule has 1 saturated carbocycles. The maximum atomic E-state index is 11.9. The Labute approximate surface area is 212 Å². The maximum absolute atomic E-state index is 11.9. The number of carbonyl (C=O) groups excluding carboxylic acids is 1. The van der Waals surface area contributed by atoms with Crippen molar-refractivity contribution in [3.05, 3.63) is 42.1 Å². The molecule has 2 heterocycles. The van der Waals surface area contributed by atoms with Gasteiger partial charge < -0.3 is 16.4 Å². The Morgan fingerprint density at radius 2 is 1.94 bits per heavy atom. The first kappa shape index (κ1) is 26.0. The Bertz CT molecular complexity index is 1200. The van der Waals surface area contributed by atoms with E-state index >= 15 is 0 Å². The second kappa shape index (κ2) is 11.3. The van der Waals surface area contributed by atoms with Gasteiger partial charge in [0.15, 0.2) is 21.3 Å². The van der Waals surface area contributed by atoms with Crippen LogP contribution in [0, 0.1) is 0 Å². The normalized spacial score (nSPS) is 19.0. The fraction of sp³-hybridized carbons (Fsp3) is 0.500. The number of nitrogens with two attached hydrogens (primary N) is 1. The van der Waals surface area contributed by atoms with Crippen LogP contribution in [-0.4, -0.2) is 90.9 Å². The minimum atomic E-state index is -3.31. The van der Waals surface area contributed by atoms with Crippen molar-refractivity contribution in [2.24, 2.45) is 5.73 Å². The molecule has 2 aromatic rings. The monoisotopic (exact) mass is 514 g/mol. The third-order valence-electron chi connectivity index (χ3n) is 6.40. The lowest BCUT2D eigenvalue weighted by Crippen LogP contribution is -2.42. The molecule has 2 fully saturated rings. The molecule has 12 heteroatoms. The summed E-state index contributed by atoms with van der Waals surface area (Å²) >= 11 is 0. The van der Waals surface area contributed by atoms with Gasteiger partial charge in [-0.05, 0) is 63.5 Å². The van der Waals surface area contributed by atoms with Crippen molar-refractivity contribution in [3.8, 4) is 0 Å². The van der Waals surface area contributed by atoms with E-state index in [1.165, 1.54) is 25.0 Å². The first-order valence-corrected chi connectivity index (χ1v) is 14.0. The maximum Gasteiger partial charge on any atom is 0.273 e. The minimum Gasteiger partial charge on any atom is -0.364 e. The summed E-state index contributed by atoms with van der Waals surface area (Å²) in [4.78, 5) is 21.3. The van der Waals surface area contributed by atoms with E-state index in [4.69, 9.17) is 5.73 Å². The van der Waals surface area contributed by atoms with Crippen LogP contribution in [0.25, 0.3) is 0 Å². The zero-order chi connectivity index (χ0) is 25.7. The van der Waals surface area contributed by atoms with Crippen molar-refractivity contribution in [2.75, 3.05) is 50.1 Å². The number of rotatable bonds is 11. The summed E-state index contributed by atoms with van der Waals surface area (Å²) in [7, 11) is -1.14. The number of sulfone groups is 1. The van der Waals surface area contributed by atoms with Crippen molar-refractivity contribution >= 4 is 33.2 Å². The molecule has 2 aliphatic rings. The number of hydrogen-bond acceptors (Lipinski definition) is 10. The standard InChI is InChI=1S/C24H34N8O3S/c1-31(19-9-10-19)13-3-4-14-32-15-5-6-18(16-32)27-24-28-23(21(22(25)33)29-30-24)26-17-7-11-20(12-8-17)36(2,34)35/h3-4,7-8,11-12,18-19H,5-6,9-10,13-16H2,1-2H3,(H2,25,33)(H2,26,27,28,30)/b4-3+/t18-/m1/s1. The van der Waals surface area contributed by atoms with E-state index in [0.717, 1.165) is 51.3 Å². The number of aromatic nitrogens is 3. The highest BCUT2D eigenvalue weighted by molar-refractivity contribution is 7.90. The first-order chi connectivity index (χ1) is 17.2. The average molecular weight is 515 g/mol. The highest BCUT2D eigenvalue weighted by Crippen LogP contribution is 2.25. The largest absolute Gasteiger partial charge is 0.364 e. The van der Waals surface area contributed by atoms with Crippen molar-refractivity contribution in [1.29, 1.82) is 0 Å². The number of carbonyl (C=O) groups is 1. The average Bonchev–Trinajstić information content (AvgIpc) is 3.67. The fourth-order valence-corrected chi connectivity index (χ4v) is 4.84. The van der Waals surface area contributed by atoms with Gasteiger partial charge in [0.2, 0.25) is 5.95 Å². The van der Waals surface area contributed by atoms with Gasteiger partial charge in [-0.25, -0.2) is 8.42 Å². The molecule has 1 atom stereocenters. The van der Waals surface area contributed by atoms with E-state index in [9.17, 15) is 13.2 Å². The number of benzene rings is 1. The van der Waals surface area contributed by atoms with Gasteiger partial charge in [-0.2, -0.15) is 4.98 Å². The fourth-order valence-electron chi connectivity index (χ4n) is 4.21. The van der Waals surface area contributed by atoms with E-state index in [2.05, 4.69) is 54.8 Å². The lowest BCUT2D eigenvalue weighted by atomic mass is 10.1. The van der Waals surface area contributed by atoms with Gasteiger partial charge in [-0.15, -0.1) is 10.2 Å². The van der Waals surface area contributed by atoms with Crippen LogP contribution in [0.3, 0.4) is 0 Å². The molecular weight excluding hydrogens is 480 g/mol. The smallest absolute Gasteiger partial charge is 0.273 e. The number of likely N-dealkylation sites (N-methyl/N-ethyl adjacent to an activating group) is 1. The van der Waals surface area contributed by atoms with Gasteiger partial charge in [0, 0.05) is 43.7 Å². The van der Waals surface area contributed by atoms with E-state index in [1.807, 2.05) is 0 Å². The third kappa shape index (κ3) is 7.21. The molecule has 0 bridgehead atoms. The van der Waals surface area contributed by atoms with Crippen molar-refractivity contribution in [2.45, 2.75) is 42.7 Å². The Morgan fingerprint density at radius 3 is 2.61 bits per heavy atom. The number of nitrogens with one attached hydrogen (secondary N) is 2. The Kier molecular flexibility index (Phi) is 8.17. The zero-order valence-electron chi connectivity index (χ0n) is 20.7. The van der Waals surface area contributed by atoms with Crippen LogP contribution in [0.2, 0.25) is 0 Å². The van der Waals surface area contributed by atoms with Crippen LogP contribution in [0.15, 0.2) is 41.3 Å². The highest BCUT2D eigenvalue weighted by Gasteiger charge is 2.25. The summed E-state index contributed by atoms with van der Waals surface area (Å²) in [6.07, 6.45) is 10.3. The summed E-state index contributed by atoms with van der Waals surface area (Å²) in [5.41, 5.74) is 5.90. The molecule has 0 spiro atoms. The Balaban J connectivity index is 1.38. The number of primary amides is 1. The molecule has 0 unspecified atom stereocenters. The van der Waals surface area contributed by atoms with Gasteiger partial charge in [0.25, 0.3) is 5.91 Å². The molecule has 1 amide bonds. The molecule has 0 radical (unpaired) electrons. The van der Waals surface area contributed by atoms with E-state index in [-0.39, 0.29) is 22.4 Å². The molecule has 1 aliphatic carbocycles. The first-order valence-electron chi connectivity index (χ1n) is 12.1. The summed E-state index contributed by atoms with van der Waals surface area (Å²) in [5.74, 6) is -0.314. The number of hydrogen-bond donors (Lipinski definition) is 3. The lowest BCUT2D eigenvalue weighted by molar-refractivity contribution is 0.0995.